The van der Waals surface area contributed by atoms with Crippen LogP contribution in [0.2, 0.25) is 18.1 Å². The van der Waals surface area contributed by atoms with E-state index in [0.29, 0.717) is 5.75 Å². The van der Waals surface area contributed by atoms with Gasteiger partial charge >= 0.3 is 11.9 Å². The average Bonchev–Trinajstić information content (AvgIpc) is 3.03. The summed E-state index contributed by atoms with van der Waals surface area (Å²) in [6.07, 6.45) is 7.19. The lowest BCUT2D eigenvalue weighted by molar-refractivity contribution is 0.0397. The van der Waals surface area contributed by atoms with Gasteiger partial charge in [-0.15, -0.1) is 0 Å². The molecule has 0 amide bonds. The third kappa shape index (κ3) is 9.00. The first-order valence-electron chi connectivity index (χ1n) is 15.0. The fourth-order valence-electron chi connectivity index (χ4n) is 5.24. The third-order valence-electron chi connectivity index (χ3n) is 8.35. The number of pyridine rings is 1. The Bertz CT molecular complexity index is 1160. The number of hydrogen-bond donors (Lipinski definition) is 0. The van der Waals surface area contributed by atoms with Crippen LogP contribution in [-0.4, -0.2) is 45.1 Å². The number of allylic oxidation sites excluding steroid dienone is 2. The molecule has 1 aromatic carbocycles. The second kappa shape index (κ2) is 16.5. The Kier molecular flexibility index (Phi) is 13.7. The zero-order valence-electron chi connectivity index (χ0n) is 26.3. The molecule has 0 radical (unpaired) electrons. The van der Waals surface area contributed by atoms with Gasteiger partial charge in [0.1, 0.15) is 12.4 Å². The molecule has 0 fully saturated rings. The van der Waals surface area contributed by atoms with Crippen LogP contribution in [-0.2, 0) is 20.5 Å². The largest absolute Gasteiger partial charge is 0.487 e. The van der Waals surface area contributed by atoms with Gasteiger partial charge < -0.3 is 18.6 Å². The van der Waals surface area contributed by atoms with Gasteiger partial charge in [-0.3, -0.25) is 0 Å². The van der Waals surface area contributed by atoms with E-state index in [-0.39, 0.29) is 23.3 Å². The quantitative estimate of drug-likeness (QED) is 0.137. The number of carbonyl (C=O) groups excluding carboxylic acids is 2. The highest BCUT2D eigenvalue weighted by Crippen LogP contribution is 2.35. The topological polar surface area (TPSA) is 84.0 Å². The van der Waals surface area contributed by atoms with Crippen LogP contribution in [0.5, 0.6) is 5.75 Å². The van der Waals surface area contributed by atoms with Crippen molar-refractivity contribution in [1.29, 1.82) is 0 Å². The lowest BCUT2D eigenvalue weighted by Crippen LogP contribution is -2.46. The van der Waals surface area contributed by atoms with Crippen LogP contribution in [0.4, 0.5) is 0 Å². The summed E-state index contributed by atoms with van der Waals surface area (Å²) < 4.78 is 22.6. The summed E-state index contributed by atoms with van der Waals surface area (Å²) in [7, 11) is 0.820. The number of aromatic nitrogens is 1. The number of ether oxygens (including phenoxy) is 3. The van der Waals surface area contributed by atoms with Gasteiger partial charge in [-0.1, -0.05) is 53.7 Å². The van der Waals surface area contributed by atoms with Gasteiger partial charge in [-0.05, 0) is 86.1 Å². The van der Waals surface area contributed by atoms with Crippen molar-refractivity contribution in [1.82, 2.24) is 4.98 Å². The highest BCUT2D eigenvalue weighted by Gasteiger charge is 2.38. The Morgan fingerprint density at radius 1 is 0.878 bits per heavy atom. The number of benzene rings is 1. The van der Waals surface area contributed by atoms with Crippen LogP contribution in [0, 0.1) is 0 Å². The summed E-state index contributed by atoms with van der Waals surface area (Å²) in [4.78, 5) is 29.1. The minimum absolute atomic E-state index is 0.0703. The standard InChI is InChI=1S/C33H49NO6Si/c1-9-25(17-16-22-33(10-2,11-3)40-41(12-4,13-5)14-6)30-19-15-18-26(34-30)24-39-27-20-21-28(31(35)37-7)29(23-27)32(36)38-8/h15,17-21,23H,9-14,16,22,24H2,1-8H3. The maximum atomic E-state index is 12.2. The first-order valence-corrected chi connectivity index (χ1v) is 17.5. The average molecular weight is 584 g/mol. The molecule has 7 nitrogen and oxygen atoms in total. The van der Waals surface area contributed by atoms with E-state index in [0.717, 1.165) is 61.6 Å². The molecule has 1 heterocycles. The summed E-state index contributed by atoms with van der Waals surface area (Å²) in [5, 5.41) is 0. The molecule has 0 aliphatic heterocycles. The van der Waals surface area contributed by atoms with Crippen molar-refractivity contribution in [3.05, 3.63) is 65.0 Å². The Morgan fingerprint density at radius 2 is 1.51 bits per heavy atom. The minimum atomic E-state index is -1.71. The number of esters is 2. The van der Waals surface area contributed by atoms with E-state index in [1.165, 1.54) is 31.9 Å². The number of hydrogen-bond acceptors (Lipinski definition) is 7. The molecule has 8 heteroatoms. The van der Waals surface area contributed by atoms with Gasteiger partial charge in [0.05, 0.1) is 42.3 Å². The molecule has 41 heavy (non-hydrogen) atoms. The number of carbonyl (C=O) groups is 2. The van der Waals surface area contributed by atoms with Gasteiger partial charge in [0.15, 0.2) is 8.32 Å². The molecule has 0 bridgehead atoms. The van der Waals surface area contributed by atoms with Crippen LogP contribution in [0.25, 0.3) is 5.57 Å². The van der Waals surface area contributed by atoms with Crippen LogP contribution < -0.4 is 4.74 Å². The van der Waals surface area contributed by atoms with Crippen LogP contribution in [0.3, 0.4) is 0 Å². The molecule has 0 aliphatic rings. The molecular weight excluding hydrogens is 534 g/mol. The smallest absolute Gasteiger partial charge is 0.338 e. The molecule has 0 aliphatic carbocycles. The second-order valence-electron chi connectivity index (χ2n) is 10.4. The highest BCUT2D eigenvalue weighted by atomic mass is 28.4. The SMILES string of the molecule is CCC(=CCCC(CC)(CC)O[Si](CC)(CC)CC)c1cccc(COc2ccc(C(=O)OC)c(C(=O)OC)c2)n1. The molecule has 0 spiro atoms. The molecule has 0 atom stereocenters. The monoisotopic (exact) mass is 583 g/mol. The van der Waals surface area contributed by atoms with Crippen molar-refractivity contribution in [3.8, 4) is 5.75 Å². The molecule has 0 saturated carbocycles. The van der Waals surface area contributed by atoms with E-state index in [9.17, 15) is 9.59 Å². The Morgan fingerprint density at radius 3 is 2.07 bits per heavy atom. The van der Waals surface area contributed by atoms with Gasteiger partial charge in [0.2, 0.25) is 0 Å². The van der Waals surface area contributed by atoms with E-state index in [1.807, 2.05) is 18.2 Å². The molecule has 226 valence electrons. The van der Waals surface area contributed by atoms with Gasteiger partial charge in [-0.2, -0.15) is 0 Å². The van der Waals surface area contributed by atoms with Crippen molar-refractivity contribution in [2.75, 3.05) is 14.2 Å². The van der Waals surface area contributed by atoms with E-state index in [2.05, 4.69) is 47.6 Å². The first-order chi connectivity index (χ1) is 19.7. The summed E-state index contributed by atoms with van der Waals surface area (Å²) in [6.45, 7) is 13.8. The van der Waals surface area contributed by atoms with E-state index >= 15 is 0 Å². The third-order valence-corrected chi connectivity index (χ3v) is 13.1. The van der Waals surface area contributed by atoms with Crippen LogP contribution in [0.15, 0.2) is 42.5 Å². The lowest BCUT2D eigenvalue weighted by Gasteiger charge is -2.42. The summed E-state index contributed by atoms with van der Waals surface area (Å²) in [5.74, 6) is -0.825. The fourth-order valence-corrected chi connectivity index (χ4v) is 8.48. The normalized spacial score (nSPS) is 12.2. The van der Waals surface area contributed by atoms with E-state index in [4.69, 9.17) is 23.6 Å². The van der Waals surface area contributed by atoms with E-state index < -0.39 is 20.3 Å². The van der Waals surface area contributed by atoms with Crippen molar-refractivity contribution in [2.45, 2.75) is 104 Å². The molecule has 0 unspecified atom stereocenters. The number of methoxy groups -OCH3 is 2. The molecule has 2 aromatic rings. The fraction of sp³-hybridized carbons (Fsp3) is 0.545. The minimum Gasteiger partial charge on any atom is -0.487 e. The second-order valence-corrected chi connectivity index (χ2v) is 15.0. The molecular formula is C33H49NO6Si. The van der Waals surface area contributed by atoms with Crippen LogP contribution in [0.1, 0.15) is 106 Å². The highest BCUT2D eigenvalue weighted by molar-refractivity contribution is 6.73. The number of nitrogens with zero attached hydrogens (tertiary/aromatic N) is 1. The molecule has 1 aromatic heterocycles. The maximum Gasteiger partial charge on any atom is 0.338 e. The molecule has 0 saturated heterocycles. The first kappa shape index (κ1) is 34.2. The van der Waals surface area contributed by atoms with Crippen molar-refractivity contribution >= 4 is 25.8 Å². The molecule has 2 rings (SSSR count). The zero-order valence-corrected chi connectivity index (χ0v) is 27.3. The summed E-state index contributed by atoms with van der Waals surface area (Å²) in [6, 6.07) is 14.0. The number of rotatable bonds is 17. The Balaban J connectivity index is 2.18. The molecule has 0 N–H and O–H groups in total. The van der Waals surface area contributed by atoms with Gasteiger partial charge in [0.25, 0.3) is 0 Å². The Hall–Kier alpha value is -2.97. The zero-order chi connectivity index (χ0) is 30.5. The Labute approximate surface area is 247 Å². The summed E-state index contributed by atoms with van der Waals surface area (Å²) in [5.41, 5.74) is 3.04. The van der Waals surface area contributed by atoms with Gasteiger partial charge in [0, 0.05) is 0 Å². The lowest BCUT2D eigenvalue weighted by atomic mass is 9.91. The summed E-state index contributed by atoms with van der Waals surface area (Å²) >= 11 is 0. The van der Waals surface area contributed by atoms with Crippen molar-refractivity contribution in [2.24, 2.45) is 0 Å². The van der Waals surface area contributed by atoms with Crippen molar-refractivity contribution < 1.29 is 28.2 Å². The predicted octanol–water partition coefficient (Wildman–Crippen LogP) is 8.39. The maximum absolute atomic E-state index is 12.2. The van der Waals surface area contributed by atoms with Crippen molar-refractivity contribution in [3.63, 3.8) is 0 Å². The van der Waals surface area contributed by atoms with Gasteiger partial charge in [-0.25, -0.2) is 14.6 Å². The van der Waals surface area contributed by atoms with E-state index in [1.54, 1.807) is 6.07 Å². The predicted molar refractivity (Wildman–Crippen MR) is 167 cm³/mol. The van der Waals surface area contributed by atoms with Crippen LogP contribution >= 0.6 is 0 Å².